The molecule has 1 saturated carbocycles. The molecular formula is C17H24O2. The van der Waals surface area contributed by atoms with Gasteiger partial charge in [-0.05, 0) is 42.7 Å². The van der Waals surface area contributed by atoms with Crippen molar-refractivity contribution in [2.24, 2.45) is 11.8 Å². The first-order chi connectivity index (χ1) is 9.25. The number of aliphatic hydroxyl groups is 1. The lowest BCUT2D eigenvalue weighted by Crippen LogP contribution is -2.33. The summed E-state index contributed by atoms with van der Waals surface area (Å²) in [5.74, 6) is 2.56. The number of aliphatic hydroxyl groups excluding tert-OH is 1. The summed E-state index contributed by atoms with van der Waals surface area (Å²) in [6, 6.07) is 8.21. The summed E-state index contributed by atoms with van der Waals surface area (Å²) in [4.78, 5) is 0. The summed E-state index contributed by atoms with van der Waals surface area (Å²) >= 11 is 0. The van der Waals surface area contributed by atoms with E-state index in [9.17, 15) is 5.11 Å². The van der Waals surface area contributed by atoms with Crippen LogP contribution in [0.4, 0.5) is 0 Å². The first-order valence-electron chi connectivity index (χ1n) is 7.65. The number of para-hydroxylation sites is 1. The van der Waals surface area contributed by atoms with E-state index in [1.54, 1.807) is 0 Å². The Labute approximate surface area is 115 Å². The van der Waals surface area contributed by atoms with Gasteiger partial charge in [0.25, 0.3) is 0 Å². The van der Waals surface area contributed by atoms with Gasteiger partial charge in [-0.1, -0.05) is 38.0 Å². The Kier molecular flexibility index (Phi) is 3.79. The van der Waals surface area contributed by atoms with Gasteiger partial charge in [0.1, 0.15) is 5.75 Å². The Bertz CT molecular complexity index is 421. The summed E-state index contributed by atoms with van der Waals surface area (Å²) in [5, 5.41) is 10.8. The Morgan fingerprint density at radius 3 is 2.63 bits per heavy atom. The van der Waals surface area contributed by atoms with Crippen LogP contribution in [0.15, 0.2) is 24.3 Å². The Morgan fingerprint density at radius 1 is 1.11 bits per heavy atom. The summed E-state index contributed by atoms with van der Waals surface area (Å²) in [5.41, 5.74) is 1.21. The quantitative estimate of drug-likeness (QED) is 0.877. The van der Waals surface area contributed by atoms with Crippen molar-refractivity contribution in [2.75, 3.05) is 6.61 Å². The Hall–Kier alpha value is -1.02. The molecule has 0 bridgehead atoms. The third kappa shape index (κ3) is 2.64. The third-order valence-electron chi connectivity index (χ3n) is 4.96. The van der Waals surface area contributed by atoms with Gasteiger partial charge in [-0.2, -0.15) is 0 Å². The monoisotopic (exact) mass is 260 g/mol. The molecule has 1 aromatic rings. The molecule has 2 nitrogen and oxygen atoms in total. The van der Waals surface area contributed by atoms with E-state index < -0.39 is 0 Å². The minimum atomic E-state index is -0.197. The second kappa shape index (κ2) is 5.54. The van der Waals surface area contributed by atoms with Crippen LogP contribution in [0.2, 0.25) is 0 Å². The van der Waals surface area contributed by atoms with Gasteiger partial charge in [0.15, 0.2) is 0 Å². The van der Waals surface area contributed by atoms with E-state index in [1.807, 2.05) is 12.1 Å². The van der Waals surface area contributed by atoms with Gasteiger partial charge in [-0.3, -0.25) is 0 Å². The third-order valence-corrected chi connectivity index (χ3v) is 4.96. The molecule has 2 aliphatic rings. The highest BCUT2D eigenvalue weighted by Crippen LogP contribution is 2.41. The van der Waals surface area contributed by atoms with Crippen LogP contribution < -0.4 is 4.74 Å². The molecule has 1 fully saturated rings. The molecule has 0 amide bonds. The zero-order valence-corrected chi connectivity index (χ0v) is 11.7. The van der Waals surface area contributed by atoms with E-state index in [4.69, 9.17) is 4.74 Å². The minimum Gasteiger partial charge on any atom is -0.493 e. The van der Waals surface area contributed by atoms with Crippen molar-refractivity contribution in [3.05, 3.63) is 29.8 Å². The summed E-state index contributed by atoms with van der Waals surface area (Å²) in [6.07, 6.45) is 5.66. The van der Waals surface area contributed by atoms with Crippen molar-refractivity contribution in [3.63, 3.8) is 0 Å². The number of ether oxygens (including phenoxy) is 1. The molecule has 0 saturated heterocycles. The maximum absolute atomic E-state index is 10.8. The second-order valence-electron chi connectivity index (χ2n) is 6.29. The van der Waals surface area contributed by atoms with Gasteiger partial charge < -0.3 is 9.84 Å². The molecule has 0 aromatic heterocycles. The lowest BCUT2D eigenvalue weighted by atomic mass is 9.74. The van der Waals surface area contributed by atoms with Crippen LogP contribution in [0, 0.1) is 11.8 Å². The molecule has 1 aromatic carbocycles. The molecule has 2 heteroatoms. The van der Waals surface area contributed by atoms with Gasteiger partial charge in [0.05, 0.1) is 12.7 Å². The second-order valence-corrected chi connectivity index (χ2v) is 6.29. The topological polar surface area (TPSA) is 29.5 Å². The molecule has 1 aliphatic carbocycles. The van der Waals surface area contributed by atoms with Crippen LogP contribution in [0.5, 0.6) is 5.75 Å². The zero-order chi connectivity index (χ0) is 13.2. The Morgan fingerprint density at radius 2 is 1.84 bits per heavy atom. The fourth-order valence-corrected chi connectivity index (χ4v) is 3.68. The first kappa shape index (κ1) is 13.0. The van der Waals surface area contributed by atoms with E-state index >= 15 is 0 Å². The zero-order valence-electron chi connectivity index (χ0n) is 11.7. The average molecular weight is 260 g/mol. The maximum Gasteiger partial charge on any atom is 0.122 e. The number of fused-ring (bicyclic) bond motifs is 1. The van der Waals surface area contributed by atoms with Crippen molar-refractivity contribution >= 4 is 0 Å². The first-order valence-corrected chi connectivity index (χ1v) is 7.65. The van der Waals surface area contributed by atoms with Crippen LogP contribution in [0.1, 0.15) is 50.5 Å². The van der Waals surface area contributed by atoms with E-state index in [2.05, 4.69) is 19.1 Å². The molecule has 1 N–H and O–H groups in total. The number of benzene rings is 1. The van der Waals surface area contributed by atoms with Gasteiger partial charge in [0.2, 0.25) is 0 Å². The van der Waals surface area contributed by atoms with Crippen LogP contribution in [-0.2, 0) is 0 Å². The number of rotatable bonds is 2. The lowest BCUT2D eigenvalue weighted by Gasteiger charge is -2.36. The van der Waals surface area contributed by atoms with Crippen LogP contribution in [0.25, 0.3) is 0 Å². The predicted molar refractivity (Wildman–Crippen MR) is 76.4 cm³/mol. The molecule has 2 atom stereocenters. The molecular weight excluding hydrogens is 236 g/mol. The molecule has 3 rings (SSSR count). The van der Waals surface area contributed by atoms with Crippen molar-refractivity contribution in [1.82, 2.24) is 0 Å². The fraction of sp³-hybridized carbons (Fsp3) is 0.647. The fourth-order valence-electron chi connectivity index (χ4n) is 3.68. The molecule has 0 radical (unpaired) electrons. The van der Waals surface area contributed by atoms with Crippen LogP contribution in [-0.4, -0.2) is 17.8 Å². The number of hydrogen-bond acceptors (Lipinski definition) is 2. The van der Waals surface area contributed by atoms with Crippen molar-refractivity contribution in [3.8, 4) is 5.75 Å². The van der Waals surface area contributed by atoms with E-state index in [-0.39, 0.29) is 12.0 Å². The maximum atomic E-state index is 10.8. The highest BCUT2D eigenvalue weighted by atomic mass is 16.5. The standard InChI is InChI=1S/C17H24O2/c1-12-6-8-13(9-7-12)17(18)15-10-11-19-16-5-3-2-4-14(15)16/h2-5,12-13,15,17-18H,6-11H2,1H3. The lowest BCUT2D eigenvalue weighted by molar-refractivity contribution is 0.0402. The van der Waals surface area contributed by atoms with Gasteiger partial charge in [-0.15, -0.1) is 0 Å². The van der Waals surface area contributed by atoms with E-state index in [0.717, 1.165) is 24.7 Å². The van der Waals surface area contributed by atoms with Crippen LogP contribution in [0.3, 0.4) is 0 Å². The van der Waals surface area contributed by atoms with E-state index in [1.165, 1.54) is 31.2 Å². The SMILES string of the molecule is CC1CCC(C(O)C2CCOc3ccccc32)CC1. The molecule has 0 spiro atoms. The van der Waals surface area contributed by atoms with Gasteiger partial charge in [0, 0.05) is 5.92 Å². The summed E-state index contributed by atoms with van der Waals surface area (Å²) in [7, 11) is 0. The highest BCUT2D eigenvalue weighted by molar-refractivity contribution is 5.38. The molecule has 1 heterocycles. The smallest absolute Gasteiger partial charge is 0.122 e. The molecule has 104 valence electrons. The average Bonchev–Trinajstić information content (AvgIpc) is 2.47. The van der Waals surface area contributed by atoms with Crippen LogP contribution >= 0.6 is 0 Å². The van der Waals surface area contributed by atoms with Crippen molar-refractivity contribution in [2.45, 2.75) is 51.0 Å². The molecule has 2 unspecified atom stereocenters. The summed E-state index contributed by atoms with van der Waals surface area (Å²) in [6.45, 7) is 3.06. The van der Waals surface area contributed by atoms with Gasteiger partial charge in [-0.25, -0.2) is 0 Å². The van der Waals surface area contributed by atoms with Gasteiger partial charge >= 0.3 is 0 Å². The Balaban J connectivity index is 1.75. The minimum absolute atomic E-state index is 0.197. The summed E-state index contributed by atoms with van der Waals surface area (Å²) < 4.78 is 5.70. The predicted octanol–water partition coefficient (Wildman–Crippen LogP) is 3.74. The van der Waals surface area contributed by atoms with Crippen molar-refractivity contribution in [1.29, 1.82) is 0 Å². The van der Waals surface area contributed by atoms with E-state index in [0.29, 0.717) is 5.92 Å². The van der Waals surface area contributed by atoms with Crippen molar-refractivity contribution < 1.29 is 9.84 Å². The largest absolute Gasteiger partial charge is 0.493 e. The molecule has 1 aliphatic heterocycles. The highest BCUT2D eigenvalue weighted by Gasteiger charge is 2.34. The molecule has 19 heavy (non-hydrogen) atoms. The normalized spacial score (nSPS) is 32.2. The number of hydrogen-bond donors (Lipinski definition) is 1.